The third kappa shape index (κ3) is 3.16. The second-order valence-electron chi connectivity index (χ2n) is 5.06. The van der Waals surface area contributed by atoms with E-state index in [0.717, 1.165) is 30.6 Å². The predicted molar refractivity (Wildman–Crippen MR) is 81.2 cm³/mol. The molecule has 1 aromatic heterocycles. The van der Waals surface area contributed by atoms with Gasteiger partial charge < -0.3 is 4.90 Å². The summed E-state index contributed by atoms with van der Waals surface area (Å²) in [5.74, 6) is 0.0343. The van der Waals surface area contributed by atoms with Gasteiger partial charge in [0.25, 0.3) is 0 Å². The molecule has 0 N–H and O–H groups in total. The molecule has 0 saturated carbocycles. The number of hydrogen-bond acceptors (Lipinski definition) is 3. The average molecular weight is 279 g/mol. The first kappa shape index (κ1) is 13.5. The molecule has 0 radical (unpaired) electrons. The van der Waals surface area contributed by atoms with E-state index in [2.05, 4.69) is 9.97 Å². The lowest BCUT2D eigenvalue weighted by atomic mass is 10.1. The summed E-state index contributed by atoms with van der Waals surface area (Å²) in [5.41, 5.74) is 1.90. The van der Waals surface area contributed by atoms with Crippen LogP contribution in [0.15, 0.2) is 55.0 Å². The van der Waals surface area contributed by atoms with Gasteiger partial charge in [0.05, 0.1) is 17.9 Å². The van der Waals surface area contributed by atoms with Crippen LogP contribution in [0.1, 0.15) is 30.1 Å². The molecule has 0 bridgehead atoms. The number of likely N-dealkylation sites (tertiary alicyclic amines) is 1. The van der Waals surface area contributed by atoms with E-state index in [9.17, 15) is 4.79 Å². The standard InChI is InChI=1S/C17H17N3O/c21-17(9-8-14-5-2-1-3-6-14)20-12-4-7-16(20)15-13-18-10-11-19-15/h1-3,5-6,8-11,13,16H,4,7,12H2/b9-8+/t16-/m0/s1. The first-order valence-electron chi connectivity index (χ1n) is 7.14. The summed E-state index contributed by atoms with van der Waals surface area (Å²) in [6.45, 7) is 0.777. The molecule has 1 aliphatic heterocycles. The summed E-state index contributed by atoms with van der Waals surface area (Å²) >= 11 is 0. The summed E-state index contributed by atoms with van der Waals surface area (Å²) in [5, 5.41) is 0. The van der Waals surface area contributed by atoms with E-state index in [1.807, 2.05) is 41.3 Å². The topological polar surface area (TPSA) is 46.1 Å². The molecule has 4 nitrogen and oxygen atoms in total. The molecule has 1 amide bonds. The fraction of sp³-hybridized carbons (Fsp3) is 0.235. The Morgan fingerprint density at radius 3 is 2.86 bits per heavy atom. The van der Waals surface area contributed by atoms with E-state index in [-0.39, 0.29) is 11.9 Å². The minimum Gasteiger partial charge on any atom is -0.330 e. The number of benzene rings is 1. The number of hydrogen-bond donors (Lipinski definition) is 0. The van der Waals surface area contributed by atoms with Crippen molar-refractivity contribution >= 4 is 12.0 Å². The monoisotopic (exact) mass is 279 g/mol. The molecule has 1 aromatic carbocycles. The third-order valence-corrected chi connectivity index (χ3v) is 3.68. The molecule has 106 valence electrons. The number of rotatable bonds is 3. The van der Waals surface area contributed by atoms with Gasteiger partial charge in [-0.05, 0) is 24.5 Å². The van der Waals surface area contributed by atoms with Gasteiger partial charge in [0.15, 0.2) is 0 Å². The van der Waals surface area contributed by atoms with Crippen LogP contribution >= 0.6 is 0 Å². The molecular weight excluding hydrogens is 262 g/mol. The van der Waals surface area contributed by atoms with E-state index in [1.54, 1.807) is 24.7 Å². The van der Waals surface area contributed by atoms with Crippen molar-refractivity contribution in [1.82, 2.24) is 14.9 Å². The van der Waals surface area contributed by atoms with Crippen molar-refractivity contribution in [3.8, 4) is 0 Å². The molecule has 2 heterocycles. The quantitative estimate of drug-likeness (QED) is 0.812. The molecule has 0 unspecified atom stereocenters. The SMILES string of the molecule is O=C(/C=C/c1ccccc1)N1CCC[C@H]1c1cnccn1. The molecule has 4 heteroatoms. The zero-order chi connectivity index (χ0) is 14.5. The van der Waals surface area contributed by atoms with Crippen molar-refractivity contribution in [2.75, 3.05) is 6.54 Å². The van der Waals surface area contributed by atoms with Gasteiger partial charge >= 0.3 is 0 Å². The summed E-state index contributed by atoms with van der Waals surface area (Å²) in [6, 6.07) is 9.89. The first-order valence-corrected chi connectivity index (χ1v) is 7.14. The van der Waals surface area contributed by atoms with Gasteiger partial charge in [-0.2, -0.15) is 0 Å². The van der Waals surface area contributed by atoms with Gasteiger partial charge in [-0.15, -0.1) is 0 Å². The number of amides is 1. The van der Waals surface area contributed by atoms with Crippen LogP contribution in [0.3, 0.4) is 0 Å². The molecule has 1 fully saturated rings. The van der Waals surface area contributed by atoms with Crippen molar-refractivity contribution in [3.05, 3.63) is 66.3 Å². The second kappa shape index (κ2) is 6.31. The molecule has 3 rings (SSSR count). The smallest absolute Gasteiger partial charge is 0.247 e. The van der Waals surface area contributed by atoms with Gasteiger partial charge in [0.1, 0.15) is 0 Å². The van der Waals surface area contributed by atoms with Crippen molar-refractivity contribution in [1.29, 1.82) is 0 Å². The van der Waals surface area contributed by atoms with Gasteiger partial charge in [0.2, 0.25) is 5.91 Å². The fourth-order valence-corrected chi connectivity index (χ4v) is 2.65. The summed E-state index contributed by atoms with van der Waals surface area (Å²) in [7, 11) is 0. The summed E-state index contributed by atoms with van der Waals surface area (Å²) in [4.78, 5) is 22.7. The van der Waals surface area contributed by atoms with Crippen LogP contribution in [0.2, 0.25) is 0 Å². The number of nitrogens with zero attached hydrogens (tertiary/aromatic N) is 3. The lowest BCUT2D eigenvalue weighted by molar-refractivity contribution is -0.126. The van der Waals surface area contributed by atoms with Gasteiger partial charge in [-0.25, -0.2) is 0 Å². The van der Waals surface area contributed by atoms with E-state index in [4.69, 9.17) is 0 Å². The minimum atomic E-state index is 0.0343. The van der Waals surface area contributed by atoms with Crippen molar-refractivity contribution in [3.63, 3.8) is 0 Å². The van der Waals surface area contributed by atoms with Crippen LogP contribution in [-0.4, -0.2) is 27.3 Å². The lowest BCUT2D eigenvalue weighted by Crippen LogP contribution is -2.29. The molecule has 21 heavy (non-hydrogen) atoms. The minimum absolute atomic E-state index is 0.0343. The number of carbonyl (C=O) groups excluding carboxylic acids is 1. The predicted octanol–water partition coefficient (Wildman–Crippen LogP) is 2.85. The molecule has 2 aromatic rings. The van der Waals surface area contributed by atoms with E-state index >= 15 is 0 Å². The lowest BCUT2D eigenvalue weighted by Gasteiger charge is -2.22. The van der Waals surface area contributed by atoms with Crippen LogP contribution < -0.4 is 0 Å². The second-order valence-corrected chi connectivity index (χ2v) is 5.06. The summed E-state index contributed by atoms with van der Waals surface area (Å²) in [6.07, 6.45) is 10.5. The maximum Gasteiger partial charge on any atom is 0.247 e. The Balaban J connectivity index is 1.73. The maximum atomic E-state index is 12.4. The fourth-order valence-electron chi connectivity index (χ4n) is 2.65. The van der Waals surface area contributed by atoms with Crippen molar-refractivity contribution in [2.24, 2.45) is 0 Å². The van der Waals surface area contributed by atoms with Gasteiger partial charge in [-0.3, -0.25) is 14.8 Å². The Kier molecular flexibility index (Phi) is 4.05. The molecule has 1 aliphatic rings. The molecule has 0 spiro atoms. The van der Waals surface area contributed by atoms with Crippen LogP contribution in [0, 0.1) is 0 Å². The molecular formula is C17H17N3O. The third-order valence-electron chi connectivity index (χ3n) is 3.68. The van der Waals surface area contributed by atoms with Crippen LogP contribution in [-0.2, 0) is 4.79 Å². The van der Waals surface area contributed by atoms with Crippen molar-refractivity contribution < 1.29 is 4.79 Å². The molecule has 0 aliphatic carbocycles. The maximum absolute atomic E-state index is 12.4. The molecule has 1 atom stereocenters. The van der Waals surface area contributed by atoms with E-state index in [1.165, 1.54) is 0 Å². The summed E-state index contributed by atoms with van der Waals surface area (Å²) < 4.78 is 0. The van der Waals surface area contributed by atoms with Crippen LogP contribution in [0.25, 0.3) is 6.08 Å². The Hall–Kier alpha value is -2.49. The highest BCUT2D eigenvalue weighted by Crippen LogP contribution is 2.30. The van der Waals surface area contributed by atoms with Crippen molar-refractivity contribution in [2.45, 2.75) is 18.9 Å². The average Bonchev–Trinajstić information content (AvgIpc) is 3.04. The van der Waals surface area contributed by atoms with Crippen LogP contribution in [0.5, 0.6) is 0 Å². The molecule has 1 saturated heterocycles. The first-order chi connectivity index (χ1) is 10.3. The highest BCUT2D eigenvalue weighted by Gasteiger charge is 2.29. The Morgan fingerprint density at radius 1 is 1.24 bits per heavy atom. The van der Waals surface area contributed by atoms with E-state index < -0.39 is 0 Å². The zero-order valence-electron chi connectivity index (χ0n) is 11.7. The normalized spacial score (nSPS) is 18.3. The number of aromatic nitrogens is 2. The highest BCUT2D eigenvalue weighted by molar-refractivity contribution is 5.92. The van der Waals surface area contributed by atoms with Crippen LogP contribution in [0.4, 0.5) is 0 Å². The van der Waals surface area contributed by atoms with Gasteiger partial charge in [0, 0.05) is 25.0 Å². The van der Waals surface area contributed by atoms with E-state index in [0.29, 0.717) is 0 Å². The Morgan fingerprint density at radius 2 is 2.10 bits per heavy atom. The Labute approximate surface area is 124 Å². The van der Waals surface area contributed by atoms with Gasteiger partial charge in [-0.1, -0.05) is 30.3 Å². The Bertz CT molecular complexity index is 625. The largest absolute Gasteiger partial charge is 0.330 e. The number of carbonyl (C=O) groups is 1. The zero-order valence-corrected chi connectivity index (χ0v) is 11.7. The highest BCUT2D eigenvalue weighted by atomic mass is 16.2.